The Morgan fingerprint density at radius 3 is 2.69 bits per heavy atom. The van der Waals surface area contributed by atoms with E-state index in [0.29, 0.717) is 6.54 Å². The average molecular weight is 394 g/mol. The van der Waals surface area contributed by atoms with Gasteiger partial charge in [-0.25, -0.2) is 0 Å². The van der Waals surface area contributed by atoms with Gasteiger partial charge in [0, 0.05) is 50.4 Å². The number of allylic oxidation sites excluding steroid dienone is 1. The van der Waals surface area contributed by atoms with Crippen LogP contribution in [0.2, 0.25) is 0 Å². The van der Waals surface area contributed by atoms with Crippen LogP contribution in [0, 0.1) is 0 Å². The van der Waals surface area contributed by atoms with Crippen LogP contribution in [0.1, 0.15) is 49.9 Å². The number of aryl methyl sites for hydroxylation is 1. The van der Waals surface area contributed by atoms with Gasteiger partial charge in [-0.2, -0.15) is 5.10 Å². The van der Waals surface area contributed by atoms with Gasteiger partial charge in [-0.1, -0.05) is 38.5 Å². The van der Waals surface area contributed by atoms with E-state index >= 15 is 0 Å². The highest BCUT2D eigenvalue weighted by Crippen LogP contribution is 2.29. The second-order valence-corrected chi connectivity index (χ2v) is 7.41. The van der Waals surface area contributed by atoms with Gasteiger partial charge in [-0.15, -0.1) is 0 Å². The number of amides is 1. The largest absolute Gasteiger partial charge is 0.338 e. The summed E-state index contributed by atoms with van der Waals surface area (Å²) in [6, 6.07) is 8.11. The van der Waals surface area contributed by atoms with E-state index in [-0.39, 0.29) is 5.91 Å². The van der Waals surface area contributed by atoms with Crippen molar-refractivity contribution in [1.29, 1.82) is 0 Å². The highest BCUT2D eigenvalue weighted by molar-refractivity contribution is 6.08. The molecule has 0 saturated heterocycles. The molecule has 0 saturated carbocycles. The van der Waals surface area contributed by atoms with Gasteiger partial charge >= 0.3 is 0 Å². The van der Waals surface area contributed by atoms with Crippen LogP contribution >= 0.6 is 0 Å². The Morgan fingerprint density at radius 1 is 1.31 bits per heavy atom. The predicted octanol–water partition coefficient (Wildman–Crippen LogP) is 4.33. The summed E-state index contributed by atoms with van der Waals surface area (Å²) >= 11 is 0. The zero-order chi connectivity index (χ0) is 20.8. The number of aromatic nitrogens is 2. The number of anilines is 2. The number of fused-ring (bicyclic) bond motifs is 1. The van der Waals surface area contributed by atoms with Gasteiger partial charge < -0.3 is 10.2 Å². The fraction of sp³-hybridized carbons (Fsp3) is 0.435. The molecule has 3 rings (SSSR count). The minimum absolute atomic E-state index is 0.112. The lowest BCUT2D eigenvalue weighted by Gasteiger charge is -2.26. The first-order chi connectivity index (χ1) is 14.1. The molecule has 29 heavy (non-hydrogen) atoms. The molecule has 0 bridgehead atoms. The molecule has 1 aromatic heterocycles. The molecule has 1 aliphatic rings. The van der Waals surface area contributed by atoms with E-state index in [4.69, 9.17) is 5.10 Å². The van der Waals surface area contributed by atoms with Crippen LogP contribution in [0.3, 0.4) is 0 Å². The number of hydrogen-bond acceptors (Lipinski definition) is 4. The summed E-state index contributed by atoms with van der Waals surface area (Å²) in [5, 5.41) is 8.34. The fourth-order valence-corrected chi connectivity index (χ4v) is 3.76. The number of benzene rings is 1. The molecule has 2 heterocycles. The second-order valence-electron chi connectivity index (χ2n) is 7.41. The minimum Gasteiger partial charge on any atom is -0.338 e. The van der Waals surface area contributed by atoms with Gasteiger partial charge in [0.15, 0.2) is 5.82 Å². The summed E-state index contributed by atoms with van der Waals surface area (Å²) in [4.78, 5) is 18.0. The van der Waals surface area contributed by atoms with E-state index < -0.39 is 0 Å². The standard InChI is InChI=1S/C23H31N5O/c1-5-7-8-14-28-22-13-15-27(17(3)29)16-20(22)23(26-28)25-19-11-9-18(10-12-19)21(6-2)24-4/h6,9-12H,2,5,7-8,13-16H2,1,3-4H3,(H,25,26). The Kier molecular flexibility index (Phi) is 6.86. The van der Waals surface area contributed by atoms with E-state index in [1.165, 1.54) is 18.5 Å². The maximum atomic E-state index is 11.9. The highest BCUT2D eigenvalue weighted by Gasteiger charge is 2.26. The van der Waals surface area contributed by atoms with Crippen molar-refractivity contribution in [1.82, 2.24) is 14.7 Å². The fourth-order valence-electron chi connectivity index (χ4n) is 3.76. The van der Waals surface area contributed by atoms with E-state index in [2.05, 4.69) is 28.5 Å². The van der Waals surface area contributed by atoms with E-state index in [1.807, 2.05) is 29.2 Å². The molecule has 154 valence electrons. The van der Waals surface area contributed by atoms with Gasteiger partial charge in [0.05, 0.1) is 12.3 Å². The summed E-state index contributed by atoms with van der Waals surface area (Å²) < 4.78 is 2.14. The van der Waals surface area contributed by atoms with Crippen molar-refractivity contribution in [3.63, 3.8) is 0 Å². The Morgan fingerprint density at radius 2 is 2.07 bits per heavy atom. The number of nitrogens with zero attached hydrogens (tertiary/aromatic N) is 4. The normalized spacial score (nSPS) is 13.9. The van der Waals surface area contributed by atoms with Crippen molar-refractivity contribution in [2.45, 2.75) is 52.6 Å². The van der Waals surface area contributed by atoms with Gasteiger partial charge in [0.2, 0.25) is 5.91 Å². The summed E-state index contributed by atoms with van der Waals surface area (Å²) in [6.07, 6.45) is 6.11. The zero-order valence-corrected chi connectivity index (χ0v) is 17.7. The van der Waals surface area contributed by atoms with Crippen LogP contribution in [-0.2, 0) is 24.3 Å². The number of nitrogens with one attached hydrogen (secondary N) is 1. The molecule has 0 fully saturated rings. The number of hydrogen-bond donors (Lipinski definition) is 1. The molecule has 1 aliphatic heterocycles. The molecule has 0 aliphatic carbocycles. The zero-order valence-electron chi connectivity index (χ0n) is 17.7. The van der Waals surface area contributed by atoms with Crippen molar-refractivity contribution in [2.24, 2.45) is 4.99 Å². The maximum Gasteiger partial charge on any atom is 0.219 e. The smallest absolute Gasteiger partial charge is 0.219 e. The molecule has 0 atom stereocenters. The predicted molar refractivity (Wildman–Crippen MR) is 119 cm³/mol. The lowest BCUT2D eigenvalue weighted by atomic mass is 10.1. The van der Waals surface area contributed by atoms with Crippen molar-refractivity contribution >= 4 is 23.1 Å². The van der Waals surface area contributed by atoms with Crippen molar-refractivity contribution < 1.29 is 4.79 Å². The van der Waals surface area contributed by atoms with E-state index in [0.717, 1.165) is 54.3 Å². The minimum atomic E-state index is 0.112. The molecule has 6 nitrogen and oxygen atoms in total. The quantitative estimate of drug-likeness (QED) is 0.536. The molecule has 1 aromatic carbocycles. The Labute approximate surface area is 173 Å². The molecule has 2 aromatic rings. The molecule has 0 unspecified atom stereocenters. The Hall–Kier alpha value is -2.89. The van der Waals surface area contributed by atoms with E-state index in [9.17, 15) is 4.79 Å². The SMILES string of the molecule is C=CC(=NC)c1ccc(Nc2nn(CCCCC)c3c2CN(C(C)=O)CC3)cc1. The van der Waals surface area contributed by atoms with Gasteiger partial charge in [0.25, 0.3) is 0 Å². The number of unbranched alkanes of at least 4 members (excludes halogenated alkanes) is 2. The van der Waals surface area contributed by atoms with Crippen LogP contribution in [0.4, 0.5) is 11.5 Å². The van der Waals surface area contributed by atoms with Gasteiger partial charge in [-0.3, -0.25) is 14.5 Å². The first kappa shape index (κ1) is 20.8. The third-order valence-electron chi connectivity index (χ3n) is 5.43. The molecular weight excluding hydrogens is 362 g/mol. The van der Waals surface area contributed by atoms with Crippen LogP contribution in [-0.4, -0.2) is 39.9 Å². The summed E-state index contributed by atoms with van der Waals surface area (Å²) in [7, 11) is 1.77. The van der Waals surface area contributed by atoms with Gasteiger partial charge in [0.1, 0.15) is 0 Å². The topological polar surface area (TPSA) is 62.5 Å². The highest BCUT2D eigenvalue weighted by atomic mass is 16.2. The van der Waals surface area contributed by atoms with E-state index in [1.54, 1.807) is 20.0 Å². The third-order valence-corrected chi connectivity index (χ3v) is 5.43. The third kappa shape index (κ3) is 4.75. The summed E-state index contributed by atoms with van der Waals surface area (Å²) in [5.41, 5.74) is 5.25. The number of aliphatic imine (C=N–C) groups is 1. The first-order valence-electron chi connectivity index (χ1n) is 10.4. The number of carbonyl (C=O) groups is 1. The summed E-state index contributed by atoms with van der Waals surface area (Å²) in [6.45, 7) is 9.95. The molecule has 0 radical (unpaired) electrons. The van der Waals surface area contributed by atoms with Crippen LogP contribution in [0.5, 0.6) is 0 Å². The number of carbonyl (C=O) groups excluding carboxylic acids is 1. The van der Waals surface area contributed by atoms with Crippen molar-refractivity contribution in [3.05, 3.63) is 53.7 Å². The lowest BCUT2D eigenvalue weighted by Crippen LogP contribution is -2.34. The maximum absolute atomic E-state index is 11.9. The van der Waals surface area contributed by atoms with Crippen molar-refractivity contribution in [3.8, 4) is 0 Å². The molecule has 1 amide bonds. The lowest BCUT2D eigenvalue weighted by molar-refractivity contribution is -0.129. The van der Waals surface area contributed by atoms with Crippen LogP contribution in [0.15, 0.2) is 41.9 Å². The van der Waals surface area contributed by atoms with Crippen molar-refractivity contribution in [2.75, 3.05) is 18.9 Å². The Bertz CT molecular complexity index is 895. The second kappa shape index (κ2) is 9.54. The van der Waals surface area contributed by atoms with Crippen LogP contribution in [0.25, 0.3) is 0 Å². The molecular formula is C23H31N5O. The molecule has 0 spiro atoms. The monoisotopic (exact) mass is 393 g/mol. The Balaban J connectivity index is 1.86. The average Bonchev–Trinajstić information content (AvgIpc) is 3.07. The molecule has 6 heteroatoms. The van der Waals surface area contributed by atoms with Crippen LogP contribution < -0.4 is 5.32 Å². The molecule has 1 N–H and O–H groups in total. The first-order valence-corrected chi connectivity index (χ1v) is 10.4. The summed E-state index contributed by atoms with van der Waals surface area (Å²) in [5.74, 6) is 0.962. The van der Waals surface area contributed by atoms with Gasteiger partial charge in [-0.05, 0) is 30.2 Å². The number of rotatable bonds is 8.